The Balaban J connectivity index is 1.46. The number of methoxy groups -OCH3 is 1. The van der Waals surface area contributed by atoms with Crippen LogP contribution < -0.4 is 10.1 Å². The van der Waals surface area contributed by atoms with Crippen LogP contribution in [0.2, 0.25) is 0 Å². The van der Waals surface area contributed by atoms with Crippen LogP contribution in [0.5, 0.6) is 5.75 Å². The Bertz CT molecular complexity index is 1120. The van der Waals surface area contributed by atoms with Gasteiger partial charge in [0.1, 0.15) is 10.8 Å². The van der Waals surface area contributed by atoms with Crippen LogP contribution in [-0.2, 0) is 12.8 Å². The van der Waals surface area contributed by atoms with Crippen LogP contribution in [-0.4, -0.2) is 23.2 Å². The first-order valence-corrected chi connectivity index (χ1v) is 10.5. The number of carbonyl (C=O) groups excluding carboxylic acids is 1. The summed E-state index contributed by atoms with van der Waals surface area (Å²) in [5, 5.41) is 12.4. The summed E-state index contributed by atoms with van der Waals surface area (Å²) in [7, 11) is 1.63. The molecule has 0 aliphatic carbocycles. The molecule has 0 fully saturated rings. The highest BCUT2D eigenvalue weighted by Gasteiger charge is 2.14. The Morgan fingerprint density at radius 1 is 0.900 bits per heavy atom. The van der Waals surface area contributed by atoms with Crippen molar-refractivity contribution in [3.05, 3.63) is 95.6 Å². The van der Waals surface area contributed by atoms with E-state index in [0.29, 0.717) is 10.7 Å². The van der Waals surface area contributed by atoms with Crippen molar-refractivity contribution in [2.45, 2.75) is 12.8 Å². The minimum absolute atomic E-state index is 0.170. The zero-order chi connectivity index (χ0) is 20.8. The van der Waals surface area contributed by atoms with Gasteiger partial charge in [-0.1, -0.05) is 59.9 Å². The molecule has 0 aliphatic heterocycles. The highest BCUT2D eigenvalue weighted by molar-refractivity contribution is 7.18. The molecule has 0 atom stereocenters. The fourth-order valence-electron chi connectivity index (χ4n) is 3.17. The Morgan fingerprint density at radius 3 is 2.40 bits per heavy atom. The maximum absolute atomic E-state index is 12.9. The summed E-state index contributed by atoms with van der Waals surface area (Å²) in [5.74, 6) is 0.611. The second-order valence-corrected chi connectivity index (χ2v) is 7.72. The van der Waals surface area contributed by atoms with Crippen molar-refractivity contribution < 1.29 is 9.53 Å². The normalized spacial score (nSPS) is 10.6. The molecule has 5 nitrogen and oxygen atoms in total. The standard InChI is InChI=1S/C24H21N3O2S/c1-29-20-15-13-19(14-16-20)23-26-27-24(30-23)25-22(28)21-10-6-5-9-18(21)12-11-17-7-3-2-4-8-17/h2-10,13-16H,11-12H2,1H3,(H,25,27,28). The third kappa shape index (κ3) is 4.72. The summed E-state index contributed by atoms with van der Waals surface area (Å²) in [6.45, 7) is 0. The molecule has 150 valence electrons. The Labute approximate surface area is 179 Å². The van der Waals surface area contributed by atoms with Gasteiger partial charge in [0.2, 0.25) is 5.13 Å². The molecule has 0 radical (unpaired) electrons. The molecule has 3 aromatic carbocycles. The number of aryl methyl sites for hydroxylation is 2. The van der Waals surface area contributed by atoms with Gasteiger partial charge >= 0.3 is 0 Å². The number of carbonyl (C=O) groups is 1. The third-order valence-electron chi connectivity index (χ3n) is 4.77. The quantitative estimate of drug-likeness (QED) is 0.448. The van der Waals surface area contributed by atoms with Gasteiger partial charge in [0.15, 0.2) is 0 Å². The van der Waals surface area contributed by atoms with Crippen LogP contribution in [0.25, 0.3) is 10.6 Å². The van der Waals surface area contributed by atoms with E-state index in [4.69, 9.17) is 4.74 Å². The molecule has 1 amide bonds. The number of aromatic nitrogens is 2. The van der Waals surface area contributed by atoms with Crippen LogP contribution in [0, 0.1) is 0 Å². The lowest BCUT2D eigenvalue weighted by Crippen LogP contribution is -2.14. The first-order chi connectivity index (χ1) is 14.7. The molecule has 0 saturated heterocycles. The zero-order valence-corrected chi connectivity index (χ0v) is 17.4. The van der Waals surface area contributed by atoms with Crippen molar-refractivity contribution in [3.63, 3.8) is 0 Å². The van der Waals surface area contributed by atoms with Crippen LogP contribution in [0.15, 0.2) is 78.9 Å². The molecule has 4 aromatic rings. The SMILES string of the molecule is COc1ccc(-c2nnc(NC(=O)c3ccccc3CCc3ccccc3)s2)cc1. The predicted molar refractivity (Wildman–Crippen MR) is 120 cm³/mol. The number of nitrogens with zero attached hydrogens (tertiary/aromatic N) is 2. The van der Waals surface area contributed by atoms with Crippen molar-refractivity contribution in [2.24, 2.45) is 0 Å². The van der Waals surface area contributed by atoms with E-state index in [9.17, 15) is 4.79 Å². The van der Waals surface area contributed by atoms with Crippen molar-refractivity contribution in [2.75, 3.05) is 12.4 Å². The number of hydrogen-bond acceptors (Lipinski definition) is 5. The minimum atomic E-state index is -0.170. The lowest BCUT2D eigenvalue weighted by atomic mass is 9.99. The summed E-state index contributed by atoms with van der Waals surface area (Å²) in [4.78, 5) is 12.9. The van der Waals surface area contributed by atoms with Crippen molar-refractivity contribution in [3.8, 4) is 16.3 Å². The van der Waals surface area contributed by atoms with Gasteiger partial charge in [0, 0.05) is 11.1 Å². The first-order valence-electron chi connectivity index (χ1n) is 9.64. The Hall–Kier alpha value is -3.51. The number of ether oxygens (including phenoxy) is 1. The second-order valence-electron chi connectivity index (χ2n) is 6.74. The molecule has 0 saturated carbocycles. The molecule has 1 aromatic heterocycles. The van der Waals surface area contributed by atoms with Gasteiger partial charge in [-0.25, -0.2) is 0 Å². The van der Waals surface area contributed by atoms with Gasteiger partial charge in [-0.2, -0.15) is 0 Å². The minimum Gasteiger partial charge on any atom is -0.497 e. The molecule has 0 bridgehead atoms. The monoisotopic (exact) mass is 415 g/mol. The topological polar surface area (TPSA) is 64.1 Å². The molecule has 6 heteroatoms. The van der Waals surface area contributed by atoms with Crippen LogP contribution >= 0.6 is 11.3 Å². The van der Waals surface area contributed by atoms with Crippen LogP contribution in [0.4, 0.5) is 5.13 Å². The van der Waals surface area contributed by atoms with Crippen molar-refractivity contribution in [1.82, 2.24) is 10.2 Å². The molecule has 0 aliphatic rings. The number of rotatable bonds is 7. The molecular formula is C24H21N3O2S. The molecule has 1 N–H and O–H groups in total. The average Bonchev–Trinajstić information content (AvgIpc) is 3.27. The van der Waals surface area contributed by atoms with Gasteiger partial charge in [0.05, 0.1) is 7.11 Å². The fraction of sp³-hybridized carbons (Fsp3) is 0.125. The van der Waals surface area contributed by atoms with Gasteiger partial charge in [-0.3, -0.25) is 10.1 Å². The van der Waals surface area contributed by atoms with Gasteiger partial charge in [0.25, 0.3) is 5.91 Å². The highest BCUT2D eigenvalue weighted by atomic mass is 32.1. The van der Waals surface area contributed by atoms with Crippen molar-refractivity contribution in [1.29, 1.82) is 0 Å². The maximum Gasteiger partial charge on any atom is 0.257 e. The summed E-state index contributed by atoms with van der Waals surface area (Å²) < 4.78 is 5.18. The molecule has 30 heavy (non-hydrogen) atoms. The van der Waals surface area contributed by atoms with Crippen molar-refractivity contribution >= 4 is 22.4 Å². The van der Waals surface area contributed by atoms with Crippen LogP contribution in [0.1, 0.15) is 21.5 Å². The van der Waals surface area contributed by atoms with E-state index >= 15 is 0 Å². The van der Waals surface area contributed by atoms with E-state index in [-0.39, 0.29) is 5.91 Å². The van der Waals surface area contributed by atoms with Crippen LogP contribution in [0.3, 0.4) is 0 Å². The Morgan fingerprint density at radius 2 is 1.63 bits per heavy atom. The van der Waals surface area contributed by atoms with E-state index < -0.39 is 0 Å². The molecule has 4 rings (SSSR count). The molecule has 0 unspecified atom stereocenters. The van der Waals surface area contributed by atoms with E-state index in [2.05, 4.69) is 27.6 Å². The number of hydrogen-bond donors (Lipinski definition) is 1. The lowest BCUT2D eigenvalue weighted by molar-refractivity contribution is 0.102. The van der Waals surface area contributed by atoms with Gasteiger partial charge in [-0.05, 0) is 54.3 Å². The summed E-state index contributed by atoms with van der Waals surface area (Å²) in [6.07, 6.45) is 1.67. The van der Waals surface area contributed by atoms with E-state index in [1.54, 1.807) is 7.11 Å². The predicted octanol–water partition coefficient (Wildman–Crippen LogP) is 5.25. The van der Waals surface area contributed by atoms with Gasteiger partial charge in [-0.15, -0.1) is 10.2 Å². The molecule has 0 spiro atoms. The van der Waals surface area contributed by atoms with E-state index in [0.717, 1.165) is 34.7 Å². The number of benzene rings is 3. The molecular weight excluding hydrogens is 394 g/mol. The molecule has 1 heterocycles. The second kappa shape index (κ2) is 9.33. The maximum atomic E-state index is 12.9. The smallest absolute Gasteiger partial charge is 0.257 e. The zero-order valence-electron chi connectivity index (χ0n) is 16.5. The fourth-order valence-corrected chi connectivity index (χ4v) is 3.92. The number of anilines is 1. The third-order valence-corrected chi connectivity index (χ3v) is 5.66. The summed E-state index contributed by atoms with van der Waals surface area (Å²) in [6, 6.07) is 25.6. The van der Waals surface area contributed by atoms with E-state index in [1.807, 2.05) is 66.7 Å². The first kappa shape index (κ1) is 19.8. The highest BCUT2D eigenvalue weighted by Crippen LogP contribution is 2.28. The number of nitrogens with one attached hydrogen (secondary N) is 1. The Kier molecular flexibility index (Phi) is 6.15. The number of amides is 1. The summed E-state index contributed by atoms with van der Waals surface area (Å²) in [5.41, 5.74) is 3.85. The van der Waals surface area contributed by atoms with E-state index in [1.165, 1.54) is 16.9 Å². The van der Waals surface area contributed by atoms with Gasteiger partial charge < -0.3 is 4.74 Å². The largest absolute Gasteiger partial charge is 0.497 e. The summed E-state index contributed by atoms with van der Waals surface area (Å²) >= 11 is 1.34. The average molecular weight is 416 g/mol. The lowest BCUT2D eigenvalue weighted by Gasteiger charge is -2.09.